The molecule has 2 saturated heterocycles. The average molecular weight is 907 g/mol. The Bertz CT molecular complexity index is 2590. The zero-order valence-corrected chi connectivity index (χ0v) is 38.2. The van der Waals surface area contributed by atoms with Gasteiger partial charge in [-0.15, -0.1) is 0 Å². The Kier molecular flexibility index (Phi) is 11.8. The summed E-state index contributed by atoms with van der Waals surface area (Å²) in [6.07, 6.45) is -0.960. The van der Waals surface area contributed by atoms with Crippen molar-refractivity contribution in [3.05, 3.63) is 245 Å². The zero-order chi connectivity index (χ0) is 45.3. The van der Waals surface area contributed by atoms with E-state index in [2.05, 4.69) is 78.9 Å². The maximum absolute atomic E-state index is 7.61. The molecular formula is C57H51N2O7P. The lowest BCUT2D eigenvalue weighted by Crippen LogP contribution is -2.53. The molecule has 7 aromatic carbocycles. The summed E-state index contributed by atoms with van der Waals surface area (Å²) >= 11 is 0. The molecule has 0 aliphatic carbocycles. The summed E-state index contributed by atoms with van der Waals surface area (Å²) in [5, 5.41) is 0. The van der Waals surface area contributed by atoms with E-state index in [4.69, 9.17) is 42.5 Å². The lowest BCUT2D eigenvalue weighted by molar-refractivity contribution is -0.175. The molecule has 4 aliphatic heterocycles. The van der Waals surface area contributed by atoms with Crippen molar-refractivity contribution in [3.63, 3.8) is 0 Å². The van der Waals surface area contributed by atoms with Gasteiger partial charge in [-0.2, -0.15) is 0 Å². The Morgan fingerprint density at radius 2 is 0.896 bits per heavy atom. The molecule has 0 amide bonds. The van der Waals surface area contributed by atoms with Crippen LogP contribution in [0.1, 0.15) is 64.9 Å². The minimum absolute atomic E-state index is 0.130. The van der Waals surface area contributed by atoms with Crippen LogP contribution in [0.25, 0.3) is 0 Å². The molecule has 4 aliphatic rings. The van der Waals surface area contributed by atoms with Crippen molar-refractivity contribution in [1.29, 1.82) is 0 Å². The fourth-order valence-corrected chi connectivity index (χ4v) is 11.4. The van der Waals surface area contributed by atoms with E-state index < -0.39 is 37.8 Å². The van der Waals surface area contributed by atoms with Gasteiger partial charge >= 0.3 is 8.60 Å². The van der Waals surface area contributed by atoms with Gasteiger partial charge in [-0.25, -0.2) is 9.98 Å². The number of hydrogen-bond donors (Lipinski definition) is 0. The van der Waals surface area contributed by atoms with Crippen molar-refractivity contribution in [1.82, 2.24) is 0 Å². The maximum Gasteiger partial charge on any atom is 0.399 e. The molecule has 0 aromatic heterocycles. The molecule has 0 bridgehead atoms. The van der Waals surface area contributed by atoms with Gasteiger partial charge in [-0.3, -0.25) is 9.05 Å². The van der Waals surface area contributed by atoms with Gasteiger partial charge in [0.1, 0.15) is 49.2 Å². The molecule has 2 fully saturated rings. The standard InChI is InChI=1S/C57H51N2O7P/c1-55(2)62-51-52(63-55)57(45-31-17-7-18-32-45,46-33-19-8-20-34-46)66-67(65-56(51,43-27-13-5-14-28-43)44-29-15-6-16-30-44)64-47-35-21-22-40(36-47)37-48(53-58-49(38-60-53)41-23-9-3-10-24-41)54-59-50(39-61-54)42-25-11-4-12-26-42/h3-36,48-52H,37-39H2,1-2H3/t49-,50-,51-,52-/m1/s1. The number of rotatable bonds is 12. The van der Waals surface area contributed by atoms with Crippen LogP contribution < -0.4 is 4.52 Å². The summed E-state index contributed by atoms with van der Waals surface area (Å²) in [6, 6.07) is 69.2. The maximum atomic E-state index is 7.61. The number of hydrogen-bond acceptors (Lipinski definition) is 9. The van der Waals surface area contributed by atoms with E-state index in [-0.39, 0.29) is 18.0 Å². The van der Waals surface area contributed by atoms with Gasteiger partial charge in [0.05, 0.1) is 0 Å². The average Bonchev–Trinajstić information content (AvgIpc) is 4.14. The molecule has 0 radical (unpaired) electrons. The zero-order valence-electron chi connectivity index (χ0n) is 37.3. The van der Waals surface area contributed by atoms with E-state index in [1.165, 1.54) is 0 Å². The topological polar surface area (TPSA) is 89.3 Å². The first kappa shape index (κ1) is 43.1. The number of fused-ring (bicyclic) bond motifs is 1. The lowest BCUT2D eigenvalue weighted by Gasteiger charge is -2.41. The summed E-state index contributed by atoms with van der Waals surface area (Å²) in [7, 11) is -2.27. The molecule has 10 heteroatoms. The quantitative estimate of drug-likeness (QED) is 0.113. The molecule has 0 spiro atoms. The summed E-state index contributed by atoms with van der Waals surface area (Å²) in [5.74, 6) is 0.384. The van der Waals surface area contributed by atoms with Crippen molar-refractivity contribution in [2.75, 3.05) is 13.2 Å². The highest BCUT2D eigenvalue weighted by Crippen LogP contribution is 2.65. The highest BCUT2D eigenvalue weighted by atomic mass is 31.2. The number of aliphatic imine (C=N–C) groups is 2. The third-order valence-corrected chi connectivity index (χ3v) is 14.2. The second-order valence-electron chi connectivity index (χ2n) is 17.7. The van der Waals surface area contributed by atoms with Gasteiger partial charge in [-0.1, -0.05) is 194 Å². The monoisotopic (exact) mass is 906 g/mol. The van der Waals surface area contributed by atoms with Crippen LogP contribution in [0.3, 0.4) is 0 Å². The van der Waals surface area contributed by atoms with Crippen molar-refractivity contribution < 1.29 is 32.5 Å². The van der Waals surface area contributed by atoms with Crippen LogP contribution in [0, 0.1) is 5.92 Å². The molecule has 4 atom stereocenters. The van der Waals surface area contributed by atoms with Crippen molar-refractivity contribution in [3.8, 4) is 5.75 Å². The van der Waals surface area contributed by atoms with E-state index in [0.29, 0.717) is 37.2 Å². The van der Waals surface area contributed by atoms with Crippen LogP contribution in [0.4, 0.5) is 0 Å². The van der Waals surface area contributed by atoms with Crippen LogP contribution in [0.15, 0.2) is 216 Å². The molecular weight excluding hydrogens is 856 g/mol. The van der Waals surface area contributed by atoms with Crippen LogP contribution in [0.5, 0.6) is 5.75 Å². The molecule has 11 rings (SSSR count). The lowest BCUT2D eigenvalue weighted by atomic mass is 9.72. The Morgan fingerprint density at radius 1 is 0.507 bits per heavy atom. The minimum Gasteiger partial charge on any atom is -0.478 e. The third-order valence-electron chi connectivity index (χ3n) is 13.0. The van der Waals surface area contributed by atoms with E-state index in [9.17, 15) is 0 Å². The van der Waals surface area contributed by atoms with E-state index in [1.54, 1.807) is 0 Å². The molecule has 67 heavy (non-hydrogen) atoms. The predicted molar refractivity (Wildman–Crippen MR) is 260 cm³/mol. The van der Waals surface area contributed by atoms with Crippen LogP contribution in [-0.2, 0) is 45.6 Å². The van der Waals surface area contributed by atoms with Gasteiger partial charge in [0, 0.05) is 0 Å². The second kappa shape index (κ2) is 18.3. The van der Waals surface area contributed by atoms with Crippen molar-refractivity contribution in [2.24, 2.45) is 15.9 Å². The first-order chi connectivity index (χ1) is 32.9. The van der Waals surface area contributed by atoms with Gasteiger partial charge in [-0.05, 0) is 71.3 Å². The molecule has 7 aromatic rings. The van der Waals surface area contributed by atoms with Crippen LogP contribution in [-0.4, -0.2) is 43.0 Å². The summed E-state index contributed by atoms with van der Waals surface area (Å²) in [6.45, 7) is 4.79. The predicted octanol–water partition coefficient (Wildman–Crippen LogP) is 12.2. The second-order valence-corrected chi connectivity index (χ2v) is 18.7. The Morgan fingerprint density at radius 3 is 1.30 bits per heavy atom. The largest absolute Gasteiger partial charge is 0.478 e. The smallest absolute Gasteiger partial charge is 0.399 e. The molecule has 0 N–H and O–H groups in total. The van der Waals surface area contributed by atoms with Crippen molar-refractivity contribution >= 4 is 20.4 Å². The fourth-order valence-electron chi connectivity index (χ4n) is 9.88. The first-order valence-corrected chi connectivity index (χ1v) is 24.0. The minimum atomic E-state index is -2.27. The van der Waals surface area contributed by atoms with Crippen LogP contribution >= 0.6 is 8.60 Å². The van der Waals surface area contributed by atoms with E-state index in [1.807, 2.05) is 141 Å². The highest BCUT2D eigenvalue weighted by molar-refractivity contribution is 7.42. The van der Waals surface area contributed by atoms with Crippen LogP contribution in [0.2, 0.25) is 0 Å². The first-order valence-electron chi connectivity index (χ1n) is 22.9. The van der Waals surface area contributed by atoms with E-state index >= 15 is 0 Å². The number of nitrogens with zero attached hydrogens (tertiary/aromatic N) is 2. The summed E-state index contributed by atoms with van der Waals surface area (Å²) in [5.41, 5.74) is 4.15. The summed E-state index contributed by atoms with van der Waals surface area (Å²) in [4.78, 5) is 10.3. The Labute approximate surface area is 393 Å². The number of ether oxygens (including phenoxy) is 4. The Hall–Kier alpha value is -6.45. The Balaban J connectivity index is 1.02. The van der Waals surface area contributed by atoms with E-state index in [0.717, 1.165) is 38.9 Å². The SMILES string of the molecule is CC1(C)O[C@@H]2[C@@H](O1)C(c1ccccc1)(c1ccccc1)OP(Oc1cccc(CC(C3=N[C@@H](c4ccccc4)CO3)C3=N[C@@H](c4ccccc4)CO3)c1)OC2(c1ccccc1)c1ccccc1. The molecule has 9 nitrogen and oxygen atoms in total. The van der Waals surface area contributed by atoms with Gasteiger partial charge < -0.3 is 23.5 Å². The van der Waals surface area contributed by atoms with Gasteiger partial charge in [0.2, 0.25) is 0 Å². The fraction of sp³-hybridized carbons (Fsp3) is 0.228. The van der Waals surface area contributed by atoms with Gasteiger partial charge in [0.25, 0.3) is 0 Å². The molecule has 336 valence electrons. The van der Waals surface area contributed by atoms with Crippen molar-refractivity contribution in [2.45, 2.75) is 61.5 Å². The molecule has 4 heterocycles. The normalized spacial score (nSPS) is 22.7. The third kappa shape index (κ3) is 8.37. The summed E-state index contributed by atoms with van der Waals surface area (Å²) < 4.78 is 49.6. The van der Waals surface area contributed by atoms with Gasteiger partial charge in [0.15, 0.2) is 28.8 Å². The highest BCUT2D eigenvalue weighted by Gasteiger charge is 2.67. The number of benzene rings is 7. The molecule has 0 saturated carbocycles. The molecule has 0 unspecified atom stereocenters.